The van der Waals surface area contributed by atoms with E-state index in [-0.39, 0.29) is 36.9 Å². The second-order valence-electron chi connectivity index (χ2n) is 7.75. The fourth-order valence-corrected chi connectivity index (χ4v) is 3.70. The molecule has 0 atom stereocenters. The Morgan fingerprint density at radius 2 is 2.06 bits per heavy atom. The van der Waals surface area contributed by atoms with Crippen molar-refractivity contribution >= 4 is 23.0 Å². The largest absolute Gasteiger partial charge is 0.466 e. The minimum Gasteiger partial charge on any atom is -0.466 e. The van der Waals surface area contributed by atoms with E-state index in [4.69, 9.17) is 18.4 Å². The molecule has 0 bridgehead atoms. The number of hydrogen-bond donors (Lipinski definition) is 0. The van der Waals surface area contributed by atoms with Crippen molar-refractivity contribution < 1.29 is 28.0 Å². The number of amides is 1. The molecule has 172 valence electrons. The lowest BCUT2D eigenvalue weighted by molar-refractivity contribution is -0.141. The minimum atomic E-state index is -0.353. The van der Waals surface area contributed by atoms with Gasteiger partial charge in [0.2, 0.25) is 0 Å². The maximum atomic E-state index is 12.2. The molecule has 3 aromatic rings. The molecule has 4 heterocycles. The Morgan fingerprint density at radius 3 is 2.82 bits per heavy atom. The molecule has 4 rings (SSSR count). The van der Waals surface area contributed by atoms with Crippen LogP contribution in [-0.4, -0.2) is 58.4 Å². The molecule has 0 N–H and O–H groups in total. The average molecular weight is 453 g/mol. The van der Waals surface area contributed by atoms with Crippen LogP contribution in [0.5, 0.6) is 0 Å². The molecule has 11 heteroatoms. The van der Waals surface area contributed by atoms with Crippen LogP contribution in [0.25, 0.3) is 22.6 Å². The highest BCUT2D eigenvalue weighted by Gasteiger charge is 2.25. The molecule has 11 nitrogen and oxygen atoms in total. The number of fused-ring (bicyclic) bond motifs is 1. The Balaban J connectivity index is 1.26. The normalized spacial score (nSPS) is 14.2. The highest BCUT2D eigenvalue weighted by atomic mass is 16.6. The highest BCUT2D eigenvalue weighted by Crippen LogP contribution is 2.29. The van der Waals surface area contributed by atoms with Gasteiger partial charge < -0.3 is 23.3 Å². The van der Waals surface area contributed by atoms with Gasteiger partial charge in [-0.25, -0.2) is 9.78 Å². The lowest BCUT2D eigenvalue weighted by Crippen LogP contribution is -2.39. The fraction of sp³-hybridized carbons (Fsp3) is 0.455. The molecule has 0 radical (unpaired) electrons. The number of aromatic nitrogens is 3. The molecule has 33 heavy (non-hydrogen) atoms. The van der Waals surface area contributed by atoms with E-state index in [0.29, 0.717) is 54.4 Å². The van der Waals surface area contributed by atoms with Crippen molar-refractivity contribution in [2.24, 2.45) is 5.92 Å². The zero-order chi connectivity index (χ0) is 23.2. The summed E-state index contributed by atoms with van der Waals surface area (Å²) in [4.78, 5) is 33.0. The highest BCUT2D eigenvalue weighted by molar-refractivity contribution is 5.85. The van der Waals surface area contributed by atoms with Crippen LogP contribution in [0.4, 0.5) is 4.79 Å². The zero-order valence-corrected chi connectivity index (χ0v) is 18.2. The van der Waals surface area contributed by atoms with E-state index in [0.717, 1.165) is 12.8 Å². The number of piperidine rings is 1. The Kier molecular flexibility index (Phi) is 6.83. The van der Waals surface area contributed by atoms with Gasteiger partial charge in [-0.2, -0.15) is 10.2 Å². The standard InChI is InChI=1S/C22H23N5O6/c1-14(28)30-9-2-10-31-22(29)27-7-4-15(5-8-27)11-20-25-21(33-26-20)19-12-16-17(13-23)24-6-3-18(16)32-19/h3,6,12,15H,2,4-5,7-11H2,1H3. The molecule has 3 aromatic heterocycles. The van der Waals surface area contributed by atoms with Crippen molar-refractivity contribution in [2.75, 3.05) is 26.3 Å². The number of hydrogen-bond acceptors (Lipinski definition) is 10. The second-order valence-corrected chi connectivity index (χ2v) is 7.75. The molecule has 1 fully saturated rings. The van der Waals surface area contributed by atoms with Gasteiger partial charge in [-0.05, 0) is 24.8 Å². The van der Waals surface area contributed by atoms with Crippen LogP contribution in [-0.2, 0) is 20.7 Å². The van der Waals surface area contributed by atoms with Crippen LogP contribution in [0, 0.1) is 17.2 Å². The van der Waals surface area contributed by atoms with Crippen LogP contribution in [0.3, 0.4) is 0 Å². The Hall–Kier alpha value is -3.94. The maximum absolute atomic E-state index is 12.2. The summed E-state index contributed by atoms with van der Waals surface area (Å²) in [5.74, 6) is 1.17. The third-order valence-corrected chi connectivity index (χ3v) is 5.39. The number of pyridine rings is 1. The van der Waals surface area contributed by atoms with Crippen molar-refractivity contribution in [3.8, 4) is 17.7 Å². The SMILES string of the molecule is CC(=O)OCCCOC(=O)N1CCC(Cc2noc(-c3cc4c(C#N)nccc4o3)n2)CC1. The molecule has 0 spiro atoms. The first-order chi connectivity index (χ1) is 16.0. The molecule has 0 aromatic carbocycles. The smallest absolute Gasteiger partial charge is 0.409 e. The van der Waals surface area contributed by atoms with Gasteiger partial charge in [0.25, 0.3) is 5.89 Å². The van der Waals surface area contributed by atoms with E-state index in [1.165, 1.54) is 13.1 Å². The number of ether oxygens (including phenoxy) is 2. The lowest BCUT2D eigenvalue weighted by atomic mass is 9.93. The van der Waals surface area contributed by atoms with Gasteiger partial charge in [-0.3, -0.25) is 4.79 Å². The molecular weight excluding hydrogens is 430 g/mol. The summed E-state index contributed by atoms with van der Waals surface area (Å²) in [6.07, 6.45) is 3.86. The predicted molar refractivity (Wildman–Crippen MR) is 113 cm³/mol. The Labute approximate surface area is 189 Å². The zero-order valence-electron chi connectivity index (χ0n) is 18.2. The van der Waals surface area contributed by atoms with E-state index in [1.807, 2.05) is 6.07 Å². The first kappa shape index (κ1) is 22.3. The van der Waals surface area contributed by atoms with Crippen molar-refractivity contribution in [3.05, 3.63) is 29.8 Å². The van der Waals surface area contributed by atoms with Crippen molar-refractivity contribution in [1.82, 2.24) is 20.0 Å². The van der Waals surface area contributed by atoms with E-state index >= 15 is 0 Å². The van der Waals surface area contributed by atoms with Crippen LogP contribution in [0.1, 0.15) is 37.7 Å². The second kappa shape index (κ2) is 10.1. The topological polar surface area (TPSA) is 145 Å². The van der Waals surface area contributed by atoms with Crippen LogP contribution >= 0.6 is 0 Å². The van der Waals surface area contributed by atoms with E-state index in [1.54, 1.807) is 17.0 Å². The first-order valence-electron chi connectivity index (χ1n) is 10.7. The molecule has 1 aliphatic rings. The maximum Gasteiger partial charge on any atom is 0.409 e. The third kappa shape index (κ3) is 5.46. The lowest BCUT2D eigenvalue weighted by Gasteiger charge is -2.30. The molecule has 1 saturated heterocycles. The first-order valence-corrected chi connectivity index (χ1v) is 10.7. The van der Waals surface area contributed by atoms with Gasteiger partial charge in [-0.1, -0.05) is 5.16 Å². The number of carbonyl (C=O) groups is 2. The number of furan rings is 1. The summed E-state index contributed by atoms with van der Waals surface area (Å²) in [5, 5.41) is 13.8. The number of nitrogens with zero attached hydrogens (tertiary/aromatic N) is 5. The molecule has 0 saturated carbocycles. The van der Waals surface area contributed by atoms with Gasteiger partial charge in [0.15, 0.2) is 17.3 Å². The summed E-state index contributed by atoms with van der Waals surface area (Å²) < 4.78 is 21.1. The summed E-state index contributed by atoms with van der Waals surface area (Å²) in [6.45, 7) is 2.97. The van der Waals surface area contributed by atoms with Gasteiger partial charge in [0, 0.05) is 45.1 Å². The van der Waals surface area contributed by atoms with E-state index in [2.05, 4.69) is 15.1 Å². The van der Waals surface area contributed by atoms with E-state index < -0.39 is 0 Å². The Bertz CT molecular complexity index is 1170. The van der Waals surface area contributed by atoms with Gasteiger partial charge >= 0.3 is 12.1 Å². The number of carbonyl (C=O) groups excluding carboxylic acids is 2. The molecule has 0 aliphatic carbocycles. The summed E-state index contributed by atoms with van der Waals surface area (Å²) in [7, 11) is 0. The van der Waals surface area contributed by atoms with Gasteiger partial charge in [0.1, 0.15) is 11.7 Å². The molecule has 1 amide bonds. The number of nitriles is 1. The van der Waals surface area contributed by atoms with Crippen LogP contribution in [0.2, 0.25) is 0 Å². The third-order valence-electron chi connectivity index (χ3n) is 5.39. The van der Waals surface area contributed by atoms with Crippen LogP contribution in [0.15, 0.2) is 27.3 Å². The monoisotopic (exact) mass is 453 g/mol. The Morgan fingerprint density at radius 1 is 1.27 bits per heavy atom. The number of likely N-dealkylation sites (tertiary alicyclic amines) is 1. The predicted octanol–water partition coefficient (Wildman–Crippen LogP) is 3.09. The van der Waals surface area contributed by atoms with Crippen molar-refractivity contribution in [3.63, 3.8) is 0 Å². The molecule has 1 aliphatic heterocycles. The van der Waals surface area contributed by atoms with Crippen LogP contribution < -0.4 is 0 Å². The fourth-order valence-electron chi connectivity index (χ4n) is 3.70. The average Bonchev–Trinajstić information content (AvgIpc) is 3.45. The number of esters is 1. The quantitative estimate of drug-likeness (QED) is 0.386. The van der Waals surface area contributed by atoms with Gasteiger partial charge in [0.05, 0.1) is 18.6 Å². The van der Waals surface area contributed by atoms with E-state index in [9.17, 15) is 14.9 Å². The summed E-state index contributed by atoms with van der Waals surface area (Å²) in [6, 6.07) is 5.39. The molecular formula is C22H23N5O6. The summed E-state index contributed by atoms with van der Waals surface area (Å²) >= 11 is 0. The van der Waals surface area contributed by atoms with Gasteiger partial charge in [-0.15, -0.1) is 0 Å². The van der Waals surface area contributed by atoms with Crippen molar-refractivity contribution in [1.29, 1.82) is 5.26 Å². The number of rotatable bonds is 7. The minimum absolute atomic E-state index is 0.214. The summed E-state index contributed by atoms with van der Waals surface area (Å²) in [5.41, 5.74) is 0.804. The van der Waals surface area contributed by atoms with Crippen molar-refractivity contribution in [2.45, 2.75) is 32.6 Å². The molecule has 0 unspecified atom stereocenters.